The number of nitrogens with zero attached hydrogens (tertiary/aromatic N) is 1. The van der Waals surface area contributed by atoms with Crippen molar-refractivity contribution in [2.75, 3.05) is 19.6 Å². The van der Waals surface area contributed by atoms with Gasteiger partial charge in [0, 0.05) is 30.7 Å². The van der Waals surface area contributed by atoms with Crippen molar-refractivity contribution in [1.82, 2.24) is 31.5 Å². The smallest absolute Gasteiger partial charge is 0.251 e. The Kier molecular flexibility index (Phi) is 12.5. The van der Waals surface area contributed by atoms with E-state index in [4.69, 9.17) is 5.73 Å². The number of aryl methyl sites for hydroxylation is 2. The molecule has 0 radical (unpaired) electrons. The van der Waals surface area contributed by atoms with Crippen LogP contribution >= 0.6 is 0 Å². The van der Waals surface area contributed by atoms with Crippen LogP contribution in [0, 0.1) is 0 Å². The van der Waals surface area contributed by atoms with Crippen LogP contribution in [0.3, 0.4) is 0 Å². The summed E-state index contributed by atoms with van der Waals surface area (Å²) in [6, 6.07) is 21.9. The van der Waals surface area contributed by atoms with Crippen LogP contribution in [-0.2, 0) is 45.0 Å². The van der Waals surface area contributed by atoms with Crippen molar-refractivity contribution >= 4 is 30.0 Å². The molecule has 1 fully saturated rings. The predicted molar refractivity (Wildman–Crippen MR) is 201 cm³/mol. The second-order valence-corrected chi connectivity index (χ2v) is 14.5. The van der Waals surface area contributed by atoms with Crippen LogP contribution in [0.15, 0.2) is 66.7 Å². The Morgan fingerprint density at radius 2 is 1.55 bits per heavy atom. The summed E-state index contributed by atoms with van der Waals surface area (Å²) >= 11 is 0. The molecular weight excluding hydrogens is 670 g/mol. The number of carbonyl (C=O) groups is 5. The van der Waals surface area contributed by atoms with E-state index in [1.54, 1.807) is 4.90 Å². The van der Waals surface area contributed by atoms with Gasteiger partial charge in [-0.25, -0.2) is 0 Å². The first-order valence-electron chi connectivity index (χ1n) is 18.8. The second kappa shape index (κ2) is 17.6. The molecule has 7 N–H and O–H groups in total. The maximum Gasteiger partial charge on any atom is 0.251 e. The van der Waals surface area contributed by atoms with Crippen LogP contribution in [0.5, 0.6) is 0 Å². The summed E-state index contributed by atoms with van der Waals surface area (Å²) in [5.74, 6) is -0.803. The molecule has 53 heavy (non-hydrogen) atoms. The number of hydrogen-bond donors (Lipinski definition) is 6. The van der Waals surface area contributed by atoms with Crippen molar-refractivity contribution in [2.45, 2.75) is 95.0 Å². The van der Waals surface area contributed by atoms with Crippen molar-refractivity contribution in [3.8, 4) is 0 Å². The van der Waals surface area contributed by atoms with Gasteiger partial charge >= 0.3 is 0 Å². The SMILES string of the molecule is CC1Cc2ccc(C(=O)NC3CNC(C(=O)NC4CCCc5ccccc54)C3)cc2CN1C(=O)CNC(=O)CN.O=CNC1CCCc2ccccc21. The molecule has 0 saturated carbocycles. The zero-order valence-electron chi connectivity index (χ0n) is 30.4. The zero-order chi connectivity index (χ0) is 37.3. The highest BCUT2D eigenvalue weighted by molar-refractivity contribution is 5.95. The molecule has 0 spiro atoms. The summed E-state index contributed by atoms with van der Waals surface area (Å²) in [4.78, 5) is 62.4. The third-order valence-corrected chi connectivity index (χ3v) is 10.9. The van der Waals surface area contributed by atoms with Crippen LogP contribution in [0.25, 0.3) is 0 Å². The molecule has 5 unspecified atom stereocenters. The zero-order valence-corrected chi connectivity index (χ0v) is 30.4. The van der Waals surface area contributed by atoms with Gasteiger partial charge in [0.15, 0.2) is 0 Å². The van der Waals surface area contributed by atoms with E-state index in [1.807, 2.05) is 43.3 Å². The van der Waals surface area contributed by atoms with Gasteiger partial charge in [0.05, 0.1) is 31.2 Å². The van der Waals surface area contributed by atoms with Gasteiger partial charge in [-0.05, 0) is 104 Å². The lowest BCUT2D eigenvalue weighted by molar-refractivity contribution is -0.135. The number of rotatable bonds is 9. The molecule has 12 heteroatoms. The number of benzene rings is 3. The number of nitrogens with one attached hydrogen (secondary N) is 5. The Bertz CT molecular complexity index is 1810. The maximum atomic E-state index is 13.1. The Hall–Kier alpha value is -5.07. The Morgan fingerprint density at radius 3 is 2.25 bits per heavy atom. The monoisotopic (exact) mass is 721 g/mol. The first-order chi connectivity index (χ1) is 25.7. The van der Waals surface area contributed by atoms with Gasteiger partial charge in [0.25, 0.3) is 5.91 Å². The predicted octanol–water partition coefficient (Wildman–Crippen LogP) is 2.50. The van der Waals surface area contributed by atoms with Gasteiger partial charge in [-0.1, -0.05) is 54.6 Å². The van der Waals surface area contributed by atoms with E-state index in [0.717, 1.165) is 49.6 Å². The van der Waals surface area contributed by atoms with Crippen LogP contribution < -0.4 is 32.3 Å². The quantitative estimate of drug-likeness (QED) is 0.184. The molecule has 2 aliphatic heterocycles. The molecule has 3 aromatic rings. The van der Waals surface area contributed by atoms with E-state index in [1.165, 1.54) is 28.7 Å². The number of amides is 5. The average Bonchev–Trinajstić information content (AvgIpc) is 3.65. The molecular formula is C41H51N7O5. The van der Waals surface area contributed by atoms with Crippen molar-refractivity contribution < 1.29 is 24.0 Å². The Morgan fingerprint density at radius 1 is 0.868 bits per heavy atom. The lowest BCUT2D eigenvalue weighted by Crippen LogP contribution is -2.47. The van der Waals surface area contributed by atoms with Crippen molar-refractivity contribution in [3.05, 3.63) is 106 Å². The summed E-state index contributed by atoms with van der Waals surface area (Å²) in [6.07, 6.45) is 8.39. The summed E-state index contributed by atoms with van der Waals surface area (Å²) in [5, 5.41) is 14.9. The maximum absolute atomic E-state index is 13.1. The molecule has 12 nitrogen and oxygen atoms in total. The fourth-order valence-electron chi connectivity index (χ4n) is 8.06. The third-order valence-electron chi connectivity index (χ3n) is 10.9. The molecule has 7 rings (SSSR count). The van der Waals surface area contributed by atoms with Crippen molar-refractivity contribution in [3.63, 3.8) is 0 Å². The van der Waals surface area contributed by atoms with E-state index in [2.05, 4.69) is 56.9 Å². The average molecular weight is 722 g/mol. The van der Waals surface area contributed by atoms with Gasteiger partial charge < -0.3 is 37.2 Å². The van der Waals surface area contributed by atoms with Crippen molar-refractivity contribution in [1.29, 1.82) is 0 Å². The Labute approximate surface area is 311 Å². The van der Waals surface area contributed by atoms with E-state index in [-0.39, 0.29) is 66.9 Å². The van der Waals surface area contributed by atoms with Gasteiger partial charge in [-0.3, -0.25) is 24.0 Å². The van der Waals surface area contributed by atoms with Gasteiger partial charge in [-0.15, -0.1) is 0 Å². The molecule has 5 atom stereocenters. The molecule has 3 aromatic carbocycles. The summed E-state index contributed by atoms with van der Waals surface area (Å²) in [6.45, 7) is 2.59. The van der Waals surface area contributed by atoms with Crippen LogP contribution in [0.4, 0.5) is 0 Å². The summed E-state index contributed by atoms with van der Waals surface area (Å²) in [7, 11) is 0. The lowest BCUT2D eigenvalue weighted by atomic mass is 9.87. The number of hydrogen-bond acceptors (Lipinski definition) is 7. The summed E-state index contributed by atoms with van der Waals surface area (Å²) < 4.78 is 0. The van der Waals surface area contributed by atoms with E-state index in [9.17, 15) is 24.0 Å². The first kappa shape index (κ1) is 37.7. The minimum absolute atomic E-state index is 0.0227. The third kappa shape index (κ3) is 9.30. The highest BCUT2D eigenvalue weighted by Crippen LogP contribution is 2.31. The number of fused-ring (bicyclic) bond motifs is 3. The van der Waals surface area contributed by atoms with Crippen LogP contribution in [0.1, 0.15) is 94.9 Å². The van der Waals surface area contributed by atoms with Crippen LogP contribution in [-0.4, -0.2) is 72.7 Å². The first-order valence-corrected chi connectivity index (χ1v) is 18.8. The standard InChI is InChI=1S/C30H38N6O4.C11H13NO/c1-18-11-20-9-10-21(12-22(20)17-36(18)28(38)16-33-27(37)14-31)29(39)34-23-13-26(32-15-23)30(40)35-25-8-4-6-19-5-2-3-7-24(19)25;13-8-12-11-7-3-5-9-4-1-2-6-10(9)11/h2-3,5,7,9-10,12,18,23,25-26,32H,4,6,8,11,13-17,31H2,1H3,(H,33,37)(H,34,39)(H,35,40);1-2,4,6,8,11H,3,5,7H2,(H,12,13). The highest BCUT2D eigenvalue weighted by atomic mass is 16.2. The normalized spacial score (nSPS) is 22.8. The van der Waals surface area contributed by atoms with E-state index >= 15 is 0 Å². The van der Waals surface area contributed by atoms with Crippen molar-refractivity contribution in [2.24, 2.45) is 5.73 Å². The minimum atomic E-state index is -0.377. The number of nitrogens with two attached hydrogens (primary N) is 1. The van der Waals surface area contributed by atoms with Gasteiger partial charge in [0.1, 0.15) is 0 Å². The lowest BCUT2D eigenvalue weighted by Gasteiger charge is -2.35. The summed E-state index contributed by atoms with van der Waals surface area (Å²) in [5.41, 5.74) is 13.0. The fourth-order valence-corrected chi connectivity index (χ4v) is 8.06. The van der Waals surface area contributed by atoms with E-state index < -0.39 is 0 Å². The minimum Gasteiger partial charge on any atom is -0.352 e. The molecule has 2 aliphatic carbocycles. The fraction of sp³-hybridized carbons (Fsp3) is 0.439. The van der Waals surface area contributed by atoms with Crippen LogP contribution in [0.2, 0.25) is 0 Å². The molecule has 5 amide bonds. The topological polar surface area (TPSA) is 175 Å². The molecule has 1 saturated heterocycles. The Balaban J connectivity index is 0.000000309. The highest BCUT2D eigenvalue weighted by Gasteiger charge is 2.33. The van der Waals surface area contributed by atoms with Gasteiger partial charge in [0.2, 0.25) is 24.1 Å². The largest absolute Gasteiger partial charge is 0.352 e. The number of carbonyl (C=O) groups excluding carboxylic acids is 5. The molecule has 4 aliphatic rings. The molecule has 0 aromatic heterocycles. The molecule has 2 heterocycles. The molecule has 280 valence electrons. The van der Waals surface area contributed by atoms with E-state index in [0.29, 0.717) is 31.5 Å². The van der Waals surface area contributed by atoms with Gasteiger partial charge in [-0.2, -0.15) is 0 Å². The second-order valence-electron chi connectivity index (χ2n) is 14.5. The molecule has 0 bridgehead atoms.